The van der Waals surface area contributed by atoms with Crippen molar-refractivity contribution in [3.8, 4) is 5.88 Å². The van der Waals surface area contributed by atoms with E-state index in [1.165, 1.54) is 13.3 Å². The molecule has 20 heavy (non-hydrogen) atoms. The smallest absolute Gasteiger partial charge is 0.319 e. The first-order valence-corrected chi connectivity index (χ1v) is 6.14. The van der Waals surface area contributed by atoms with Crippen LogP contribution >= 0.6 is 0 Å². The highest BCUT2D eigenvalue weighted by Gasteiger charge is 2.06. The number of urea groups is 1. The van der Waals surface area contributed by atoms with Gasteiger partial charge in [-0.3, -0.25) is 0 Å². The van der Waals surface area contributed by atoms with Crippen LogP contribution in [0.5, 0.6) is 5.88 Å². The fraction of sp³-hybridized carbons (Fsp3) is 0.333. The van der Waals surface area contributed by atoms with Gasteiger partial charge in [0.1, 0.15) is 6.33 Å². The number of aromatic nitrogens is 4. The van der Waals surface area contributed by atoms with E-state index in [-0.39, 0.29) is 6.03 Å². The molecule has 2 rings (SSSR count). The molecule has 2 aromatic rings. The summed E-state index contributed by atoms with van der Waals surface area (Å²) >= 11 is 0. The highest BCUT2D eigenvalue weighted by atomic mass is 16.5. The van der Waals surface area contributed by atoms with Crippen LogP contribution in [0.25, 0.3) is 0 Å². The van der Waals surface area contributed by atoms with Crippen molar-refractivity contribution in [1.29, 1.82) is 0 Å². The summed E-state index contributed by atoms with van der Waals surface area (Å²) in [4.78, 5) is 15.7. The van der Waals surface area contributed by atoms with Crippen molar-refractivity contribution in [2.75, 3.05) is 12.4 Å². The molecular formula is C12H16N6O2. The highest BCUT2D eigenvalue weighted by molar-refractivity contribution is 5.88. The van der Waals surface area contributed by atoms with Gasteiger partial charge >= 0.3 is 6.03 Å². The van der Waals surface area contributed by atoms with Crippen molar-refractivity contribution in [2.45, 2.75) is 20.0 Å². The van der Waals surface area contributed by atoms with Crippen LogP contribution in [0.2, 0.25) is 0 Å². The number of hydrogen-bond donors (Lipinski definition) is 2. The van der Waals surface area contributed by atoms with E-state index in [2.05, 4.69) is 25.8 Å². The van der Waals surface area contributed by atoms with E-state index in [1.54, 1.807) is 18.5 Å². The minimum atomic E-state index is -0.331. The third-order valence-electron chi connectivity index (χ3n) is 2.65. The Hall–Kier alpha value is -2.64. The molecule has 8 nitrogen and oxygen atoms in total. The van der Waals surface area contributed by atoms with Crippen molar-refractivity contribution in [3.05, 3.63) is 30.5 Å². The van der Waals surface area contributed by atoms with Gasteiger partial charge in [0, 0.05) is 12.6 Å². The van der Waals surface area contributed by atoms with Crippen LogP contribution in [-0.2, 0) is 13.1 Å². The first kappa shape index (κ1) is 13.8. The van der Waals surface area contributed by atoms with Gasteiger partial charge in [-0.1, -0.05) is 0 Å². The van der Waals surface area contributed by atoms with Gasteiger partial charge in [0.25, 0.3) is 0 Å². The van der Waals surface area contributed by atoms with Crippen molar-refractivity contribution < 1.29 is 9.53 Å². The summed E-state index contributed by atoms with van der Waals surface area (Å²) < 4.78 is 6.80. The summed E-state index contributed by atoms with van der Waals surface area (Å²) in [5, 5.41) is 13.1. The van der Waals surface area contributed by atoms with E-state index in [9.17, 15) is 4.79 Å². The molecule has 0 aromatic carbocycles. The molecule has 2 amide bonds. The average Bonchev–Trinajstić information content (AvgIpc) is 2.93. The highest BCUT2D eigenvalue weighted by Crippen LogP contribution is 2.10. The number of pyridine rings is 1. The molecular weight excluding hydrogens is 260 g/mol. The molecule has 0 atom stereocenters. The summed E-state index contributed by atoms with van der Waals surface area (Å²) in [7, 11) is 1.53. The van der Waals surface area contributed by atoms with E-state index < -0.39 is 0 Å². The quantitative estimate of drug-likeness (QED) is 0.850. The monoisotopic (exact) mass is 276 g/mol. The van der Waals surface area contributed by atoms with Gasteiger partial charge in [0.2, 0.25) is 5.88 Å². The number of amides is 2. The molecule has 0 saturated heterocycles. The van der Waals surface area contributed by atoms with Crippen LogP contribution in [0, 0.1) is 0 Å². The number of rotatable bonds is 5. The lowest BCUT2D eigenvalue weighted by molar-refractivity contribution is 0.251. The summed E-state index contributed by atoms with van der Waals surface area (Å²) in [6.45, 7) is 3.05. The van der Waals surface area contributed by atoms with Gasteiger partial charge in [-0.15, -0.1) is 10.2 Å². The Bertz CT molecular complexity index is 566. The van der Waals surface area contributed by atoms with Crippen LogP contribution in [-0.4, -0.2) is 32.9 Å². The number of methoxy groups -OCH3 is 1. The summed E-state index contributed by atoms with van der Waals surface area (Å²) in [5.41, 5.74) is 0.584. The molecule has 0 aliphatic carbocycles. The van der Waals surface area contributed by atoms with Crippen LogP contribution in [0.15, 0.2) is 24.7 Å². The van der Waals surface area contributed by atoms with Gasteiger partial charge in [0.05, 0.1) is 25.5 Å². The Kier molecular flexibility index (Phi) is 4.48. The molecule has 2 aromatic heterocycles. The Balaban J connectivity index is 1.86. The van der Waals surface area contributed by atoms with Gasteiger partial charge < -0.3 is 19.9 Å². The third-order valence-corrected chi connectivity index (χ3v) is 2.65. The van der Waals surface area contributed by atoms with Crippen molar-refractivity contribution in [1.82, 2.24) is 25.1 Å². The van der Waals surface area contributed by atoms with E-state index >= 15 is 0 Å². The van der Waals surface area contributed by atoms with Gasteiger partial charge in [-0.05, 0) is 13.0 Å². The zero-order valence-electron chi connectivity index (χ0n) is 11.3. The van der Waals surface area contributed by atoms with Gasteiger partial charge in [0.15, 0.2) is 5.82 Å². The fourth-order valence-corrected chi connectivity index (χ4v) is 1.59. The zero-order valence-corrected chi connectivity index (χ0v) is 11.3. The molecule has 0 radical (unpaired) electrons. The zero-order chi connectivity index (χ0) is 14.4. The molecule has 0 aliphatic rings. The maximum absolute atomic E-state index is 11.7. The van der Waals surface area contributed by atoms with Crippen molar-refractivity contribution in [3.63, 3.8) is 0 Å². The number of nitrogens with one attached hydrogen (secondary N) is 2. The van der Waals surface area contributed by atoms with E-state index in [4.69, 9.17) is 4.74 Å². The molecule has 0 saturated carbocycles. The maximum atomic E-state index is 11.7. The van der Waals surface area contributed by atoms with Crippen LogP contribution < -0.4 is 15.4 Å². The van der Waals surface area contributed by atoms with E-state index in [0.29, 0.717) is 23.9 Å². The first-order chi connectivity index (χ1) is 9.72. The number of carbonyl (C=O) groups is 1. The maximum Gasteiger partial charge on any atom is 0.319 e. The van der Waals surface area contributed by atoms with E-state index in [1.807, 2.05) is 11.5 Å². The molecule has 0 aliphatic heterocycles. The Morgan fingerprint density at radius 3 is 2.95 bits per heavy atom. The third kappa shape index (κ3) is 3.44. The molecule has 0 unspecified atom stereocenters. The number of ether oxygens (including phenoxy) is 1. The topological polar surface area (TPSA) is 94.0 Å². The Morgan fingerprint density at radius 2 is 2.30 bits per heavy atom. The molecule has 0 fully saturated rings. The largest absolute Gasteiger partial charge is 0.481 e. The number of anilines is 1. The summed E-state index contributed by atoms with van der Waals surface area (Å²) in [6, 6.07) is 3.05. The SMILES string of the molecule is CCn1cnnc1CNC(=O)Nc1ccc(OC)nc1. The number of hydrogen-bond acceptors (Lipinski definition) is 5. The lowest BCUT2D eigenvalue weighted by Gasteiger charge is -2.08. The molecule has 8 heteroatoms. The normalized spacial score (nSPS) is 10.1. The summed E-state index contributed by atoms with van der Waals surface area (Å²) in [5.74, 6) is 1.20. The molecule has 2 heterocycles. The van der Waals surface area contributed by atoms with Crippen LogP contribution in [0.3, 0.4) is 0 Å². The fourth-order valence-electron chi connectivity index (χ4n) is 1.59. The second-order valence-electron chi connectivity index (χ2n) is 3.93. The lowest BCUT2D eigenvalue weighted by atomic mass is 10.4. The van der Waals surface area contributed by atoms with Crippen LogP contribution in [0.4, 0.5) is 10.5 Å². The Labute approximate surface area is 116 Å². The standard InChI is InChI=1S/C12H16N6O2/c1-3-18-8-15-17-10(18)7-14-12(19)16-9-4-5-11(20-2)13-6-9/h4-6,8H,3,7H2,1-2H3,(H2,14,16,19). The van der Waals surface area contributed by atoms with Crippen molar-refractivity contribution >= 4 is 11.7 Å². The minimum absolute atomic E-state index is 0.309. The van der Waals surface area contributed by atoms with Crippen molar-refractivity contribution in [2.24, 2.45) is 0 Å². The number of carbonyl (C=O) groups excluding carboxylic acids is 1. The summed E-state index contributed by atoms with van der Waals surface area (Å²) in [6.07, 6.45) is 3.15. The second kappa shape index (κ2) is 6.50. The van der Waals surface area contributed by atoms with E-state index in [0.717, 1.165) is 6.54 Å². The van der Waals surface area contributed by atoms with Gasteiger partial charge in [-0.2, -0.15) is 0 Å². The predicted octanol–water partition coefficient (Wildman–Crippen LogP) is 1.02. The molecule has 0 bridgehead atoms. The first-order valence-electron chi connectivity index (χ1n) is 6.14. The minimum Gasteiger partial charge on any atom is -0.481 e. The molecule has 0 spiro atoms. The number of aryl methyl sites for hydroxylation is 1. The Morgan fingerprint density at radius 1 is 1.45 bits per heavy atom. The second-order valence-corrected chi connectivity index (χ2v) is 3.93. The predicted molar refractivity (Wildman–Crippen MR) is 72.3 cm³/mol. The number of nitrogens with zero attached hydrogens (tertiary/aromatic N) is 4. The van der Waals surface area contributed by atoms with Gasteiger partial charge in [-0.25, -0.2) is 9.78 Å². The van der Waals surface area contributed by atoms with Crippen LogP contribution in [0.1, 0.15) is 12.7 Å². The average molecular weight is 276 g/mol. The molecule has 106 valence electrons. The molecule has 2 N–H and O–H groups in total. The lowest BCUT2D eigenvalue weighted by Crippen LogP contribution is -2.29.